The average Bonchev–Trinajstić information content (AvgIpc) is 2.61. The maximum absolute atomic E-state index is 13.0. The van der Waals surface area contributed by atoms with Crippen molar-refractivity contribution in [2.75, 3.05) is 5.75 Å². The van der Waals surface area contributed by atoms with Crippen LogP contribution in [-0.2, 0) is 16.6 Å². The number of hydrogen-bond acceptors (Lipinski definition) is 4. The summed E-state index contributed by atoms with van der Waals surface area (Å²) < 4.78 is 41.4. The largest absolute Gasteiger partial charge is 0.298 e. The van der Waals surface area contributed by atoms with Crippen LogP contribution in [0.4, 0.5) is 4.39 Å². The number of aromatic nitrogens is 2. The van der Waals surface area contributed by atoms with E-state index in [4.69, 9.17) is 0 Å². The third-order valence-electron chi connectivity index (χ3n) is 4.06. The van der Waals surface area contributed by atoms with E-state index >= 15 is 0 Å². The SMILES string of the molecule is CC(NS(=O)(=O)CCn1cnc2ccccc2c1=O)c1ccc(F)cc1. The third-order valence-corrected chi connectivity index (χ3v) is 5.49. The molecule has 26 heavy (non-hydrogen) atoms. The highest BCUT2D eigenvalue weighted by molar-refractivity contribution is 7.89. The summed E-state index contributed by atoms with van der Waals surface area (Å²) in [5.41, 5.74) is 0.941. The van der Waals surface area contributed by atoms with Crippen molar-refractivity contribution >= 4 is 20.9 Å². The lowest BCUT2D eigenvalue weighted by molar-refractivity contribution is 0.558. The minimum absolute atomic E-state index is 0.0118. The van der Waals surface area contributed by atoms with E-state index in [9.17, 15) is 17.6 Å². The molecule has 136 valence electrons. The highest BCUT2D eigenvalue weighted by Gasteiger charge is 2.16. The first-order valence-corrected chi connectivity index (χ1v) is 9.70. The van der Waals surface area contributed by atoms with E-state index in [0.29, 0.717) is 16.5 Å². The van der Waals surface area contributed by atoms with Crippen molar-refractivity contribution in [3.8, 4) is 0 Å². The van der Waals surface area contributed by atoms with Gasteiger partial charge in [0.1, 0.15) is 5.82 Å². The Morgan fingerprint density at radius 1 is 1.15 bits per heavy atom. The Morgan fingerprint density at radius 3 is 2.58 bits per heavy atom. The van der Waals surface area contributed by atoms with E-state index in [1.165, 1.54) is 35.2 Å². The van der Waals surface area contributed by atoms with Crippen LogP contribution in [0.2, 0.25) is 0 Å². The second kappa shape index (κ2) is 7.35. The first kappa shape index (κ1) is 18.2. The Labute approximate surface area is 150 Å². The van der Waals surface area contributed by atoms with E-state index < -0.39 is 16.1 Å². The van der Waals surface area contributed by atoms with Crippen LogP contribution < -0.4 is 10.3 Å². The van der Waals surface area contributed by atoms with Crippen LogP contribution in [0.15, 0.2) is 59.7 Å². The van der Waals surface area contributed by atoms with Gasteiger partial charge in [-0.05, 0) is 36.8 Å². The molecular weight excluding hydrogens is 357 g/mol. The smallest absolute Gasteiger partial charge is 0.261 e. The Balaban J connectivity index is 1.71. The minimum Gasteiger partial charge on any atom is -0.298 e. The molecule has 6 nitrogen and oxygen atoms in total. The molecule has 1 N–H and O–H groups in total. The lowest BCUT2D eigenvalue weighted by atomic mass is 10.1. The number of nitrogens with zero attached hydrogens (tertiary/aromatic N) is 2. The molecule has 1 unspecified atom stereocenters. The standard InChI is InChI=1S/C18H18FN3O3S/c1-13(14-6-8-15(19)9-7-14)21-26(24,25)11-10-22-12-20-17-5-3-2-4-16(17)18(22)23/h2-9,12-13,21H,10-11H2,1H3. The van der Waals surface area contributed by atoms with Gasteiger partial charge in [0.25, 0.3) is 5.56 Å². The first-order chi connectivity index (χ1) is 12.4. The van der Waals surface area contributed by atoms with E-state index in [-0.39, 0.29) is 23.7 Å². The fourth-order valence-electron chi connectivity index (χ4n) is 2.63. The van der Waals surface area contributed by atoms with Gasteiger partial charge in [0.05, 0.1) is 23.0 Å². The third kappa shape index (κ3) is 4.14. The van der Waals surface area contributed by atoms with Crippen LogP contribution in [0.3, 0.4) is 0 Å². The zero-order valence-electron chi connectivity index (χ0n) is 14.1. The Morgan fingerprint density at radius 2 is 1.85 bits per heavy atom. The average molecular weight is 375 g/mol. The normalized spacial score (nSPS) is 13.0. The number of para-hydroxylation sites is 1. The van der Waals surface area contributed by atoms with Gasteiger partial charge in [0.15, 0.2) is 0 Å². The Bertz CT molecular complexity index is 1080. The number of hydrogen-bond donors (Lipinski definition) is 1. The van der Waals surface area contributed by atoms with Crippen molar-refractivity contribution in [1.29, 1.82) is 0 Å². The van der Waals surface area contributed by atoms with Crippen molar-refractivity contribution < 1.29 is 12.8 Å². The number of benzene rings is 2. The van der Waals surface area contributed by atoms with Gasteiger partial charge in [-0.2, -0.15) is 0 Å². The van der Waals surface area contributed by atoms with E-state index in [1.54, 1.807) is 31.2 Å². The van der Waals surface area contributed by atoms with Crippen LogP contribution >= 0.6 is 0 Å². The molecule has 0 aliphatic carbocycles. The maximum atomic E-state index is 13.0. The van der Waals surface area contributed by atoms with Crippen molar-refractivity contribution in [2.45, 2.75) is 19.5 Å². The molecule has 0 fully saturated rings. The van der Waals surface area contributed by atoms with Crippen LogP contribution in [0.25, 0.3) is 10.9 Å². The fourth-order valence-corrected chi connectivity index (χ4v) is 3.86. The van der Waals surface area contributed by atoms with Crippen LogP contribution in [-0.4, -0.2) is 23.7 Å². The van der Waals surface area contributed by atoms with Gasteiger partial charge in [-0.25, -0.2) is 22.5 Å². The molecular formula is C18H18FN3O3S. The molecule has 1 atom stereocenters. The molecule has 0 saturated carbocycles. The number of aryl methyl sites for hydroxylation is 1. The van der Waals surface area contributed by atoms with E-state index in [1.807, 2.05) is 0 Å². The van der Waals surface area contributed by atoms with Gasteiger partial charge in [0.2, 0.25) is 10.0 Å². The van der Waals surface area contributed by atoms with Crippen LogP contribution in [0.5, 0.6) is 0 Å². The number of nitrogens with one attached hydrogen (secondary N) is 1. The Kier molecular flexibility index (Phi) is 5.15. The van der Waals surface area contributed by atoms with Gasteiger partial charge >= 0.3 is 0 Å². The number of rotatable bonds is 6. The quantitative estimate of drug-likeness (QED) is 0.716. The van der Waals surface area contributed by atoms with Crippen molar-refractivity contribution in [1.82, 2.24) is 14.3 Å². The highest BCUT2D eigenvalue weighted by Crippen LogP contribution is 2.14. The number of fused-ring (bicyclic) bond motifs is 1. The molecule has 1 aromatic heterocycles. The molecule has 0 amide bonds. The molecule has 0 aliphatic rings. The Hall–Kier alpha value is -2.58. The summed E-state index contributed by atoms with van der Waals surface area (Å²) in [5, 5.41) is 0.444. The molecule has 0 aliphatic heterocycles. The summed E-state index contributed by atoms with van der Waals surface area (Å²) in [7, 11) is -3.64. The first-order valence-electron chi connectivity index (χ1n) is 8.05. The lowest BCUT2D eigenvalue weighted by Crippen LogP contribution is -2.32. The highest BCUT2D eigenvalue weighted by atomic mass is 32.2. The minimum atomic E-state index is -3.64. The maximum Gasteiger partial charge on any atom is 0.261 e. The lowest BCUT2D eigenvalue weighted by Gasteiger charge is -2.15. The van der Waals surface area contributed by atoms with Crippen LogP contribution in [0.1, 0.15) is 18.5 Å². The molecule has 3 rings (SSSR count). The van der Waals surface area contributed by atoms with Crippen molar-refractivity contribution in [3.05, 3.63) is 76.6 Å². The van der Waals surface area contributed by atoms with Crippen LogP contribution in [0, 0.1) is 5.82 Å². The zero-order chi connectivity index (χ0) is 18.7. The molecule has 0 bridgehead atoms. The summed E-state index contributed by atoms with van der Waals surface area (Å²) in [6.45, 7) is 1.66. The second-order valence-electron chi connectivity index (χ2n) is 5.97. The van der Waals surface area contributed by atoms with Gasteiger partial charge in [-0.1, -0.05) is 24.3 Å². The summed E-state index contributed by atoms with van der Waals surface area (Å²) in [6, 6.07) is 12.0. The molecule has 2 aromatic carbocycles. The predicted molar refractivity (Wildman–Crippen MR) is 97.7 cm³/mol. The topological polar surface area (TPSA) is 81.1 Å². The van der Waals surface area contributed by atoms with Gasteiger partial charge in [0, 0.05) is 12.6 Å². The summed E-state index contributed by atoms with van der Waals surface area (Å²) >= 11 is 0. The van der Waals surface area contributed by atoms with Crippen molar-refractivity contribution in [2.24, 2.45) is 0 Å². The van der Waals surface area contributed by atoms with Gasteiger partial charge in [-0.3, -0.25) is 9.36 Å². The molecule has 0 spiro atoms. The van der Waals surface area contributed by atoms with E-state index in [2.05, 4.69) is 9.71 Å². The fraction of sp³-hybridized carbons (Fsp3) is 0.222. The molecule has 0 radical (unpaired) electrons. The monoisotopic (exact) mass is 375 g/mol. The molecule has 0 saturated heterocycles. The zero-order valence-corrected chi connectivity index (χ0v) is 14.9. The summed E-state index contributed by atoms with van der Waals surface area (Å²) in [6.07, 6.45) is 1.35. The summed E-state index contributed by atoms with van der Waals surface area (Å²) in [4.78, 5) is 16.6. The molecule has 1 heterocycles. The predicted octanol–water partition coefficient (Wildman–Crippen LogP) is 2.22. The molecule has 8 heteroatoms. The van der Waals surface area contributed by atoms with E-state index in [0.717, 1.165) is 0 Å². The van der Waals surface area contributed by atoms with Gasteiger partial charge < -0.3 is 0 Å². The van der Waals surface area contributed by atoms with Crippen molar-refractivity contribution in [3.63, 3.8) is 0 Å². The number of halogens is 1. The number of sulfonamides is 1. The molecule has 3 aromatic rings. The second-order valence-corrected chi connectivity index (χ2v) is 7.84. The van der Waals surface area contributed by atoms with Gasteiger partial charge in [-0.15, -0.1) is 0 Å². The summed E-state index contributed by atoms with van der Waals surface area (Å²) in [5.74, 6) is -0.648.